The third kappa shape index (κ3) is 3.84. The molecule has 0 aromatic heterocycles. The lowest BCUT2D eigenvalue weighted by Gasteiger charge is -2.31. The van der Waals surface area contributed by atoms with E-state index in [1.807, 2.05) is 43.0 Å². The van der Waals surface area contributed by atoms with Gasteiger partial charge in [0.25, 0.3) is 0 Å². The van der Waals surface area contributed by atoms with E-state index < -0.39 is 5.60 Å². The predicted molar refractivity (Wildman–Crippen MR) is 75.2 cm³/mol. The minimum absolute atomic E-state index is 0.139. The molecule has 0 heterocycles. The van der Waals surface area contributed by atoms with E-state index in [-0.39, 0.29) is 5.78 Å². The van der Waals surface area contributed by atoms with Gasteiger partial charge >= 0.3 is 0 Å². The van der Waals surface area contributed by atoms with Gasteiger partial charge in [0.2, 0.25) is 0 Å². The Morgan fingerprint density at radius 1 is 1.28 bits per heavy atom. The average Bonchev–Trinajstić information content (AvgIpc) is 2.34. The molecule has 0 saturated carbocycles. The third-order valence-corrected chi connectivity index (χ3v) is 2.83. The number of nitrogens with zero attached hydrogens (tertiary/aromatic N) is 1. The number of hydrogen-bond acceptors (Lipinski definition) is 3. The Bertz CT molecular complexity index is 407. The van der Waals surface area contributed by atoms with Crippen molar-refractivity contribution in [3.8, 4) is 0 Å². The Hall–Kier alpha value is -1.35. The summed E-state index contributed by atoms with van der Waals surface area (Å²) >= 11 is 0. The van der Waals surface area contributed by atoms with Gasteiger partial charge in [-0.05, 0) is 32.9 Å². The van der Waals surface area contributed by atoms with Crippen molar-refractivity contribution in [1.82, 2.24) is 0 Å². The van der Waals surface area contributed by atoms with Crippen LogP contribution in [0.4, 0.5) is 5.69 Å². The van der Waals surface area contributed by atoms with Crippen molar-refractivity contribution >= 4 is 11.5 Å². The van der Waals surface area contributed by atoms with E-state index in [9.17, 15) is 9.90 Å². The molecular weight excluding hydrogens is 226 g/mol. The maximum atomic E-state index is 11.9. The molecule has 0 aliphatic rings. The number of para-hydroxylation sites is 1. The summed E-state index contributed by atoms with van der Waals surface area (Å²) < 4.78 is 0. The minimum Gasteiger partial charge on any atom is -0.389 e. The Balaban J connectivity index is 3.09. The van der Waals surface area contributed by atoms with Crippen LogP contribution in [0.25, 0.3) is 0 Å². The molecular formula is C15H23NO2. The van der Waals surface area contributed by atoms with E-state index in [0.29, 0.717) is 13.0 Å². The van der Waals surface area contributed by atoms with Crippen molar-refractivity contribution < 1.29 is 9.90 Å². The van der Waals surface area contributed by atoms with Crippen LogP contribution in [0.3, 0.4) is 0 Å². The fourth-order valence-electron chi connectivity index (χ4n) is 2.01. The van der Waals surface area contributed by atoms with Crippen LogP contribution in [0.1, 0.15) is 44.5 Å². The number of likely N-dealkylation sites (N-methyl/N-ethyl adjacent to an activating group) is 1. The molecule has 0 aliphatic carbocycles. The average molecular weight is 249 g/mol. The molecule has 0 fully saturated rings. The number of anilines is 1. The maximum Gasteiger partial charge on any atom is 0.164 e. The Kier molecular flexibility index (Phi) is 4.91. The number of Topliss-reactive ketones (excluding diaryl/α,β-unsaturated/α-hetero) is 1. The van der Waals surface area contributed by atoms with E-state index in [1.165, 1.54) is 0 Å². The summed E-state index contributed by atoms with van der Waals surface area (Å²) in [6, 6.07) is 7.60. The summed E-state index contributed by atoms with van der Waals surface area (Å²) in [4.78, 5) is 14.0. The predicted octanol–water partition coefficient (Wildman–Crippen LogP) is 2.88. The van der Waals surface area contributed by atoms with Crippen LogP contribution in [-0.2, 0) is 0 Å². The van der Waals surface area contributed by atoms with Gasteiger partial charge in [-0.3, -0.25) is 4.79 Å². The largest absolute Gasteiger partial charge is 0.389 e. The number of aliphatic hydroxyl groups is 1. The van der Waals surface area contributed by atoms with Crippen molar-refractivity contribution in [2.45, 2.75) is 39.7 Å². The molecule has 0 spiro atoms. The van der Waals surface area contributed by atoms with Gasteiger partial charge in [-0.1, -0.05) is 19.1 Å². The molecule has 3 nitrogen and oxygen atoms in total. The third-order valence-electron chi connectivity index (χ3n) is 2.83. The van der Waals surface area contributed by atoms with Gasteiger partial charge in [0.15, 0.2) is 5.78 Å². The van der Waals surface area contributed by atoms with Crippen molar-refractivity contribution in [2.75, 3.05) is 18.0 Å². The molecule has 100 valence electrons. The fourth-order valence-corrected chi connectivity index (χ4v) is 2.01. The molecule has 18 heavy (non-hydrogen) atoms. The second kappa shape index (κ2) is 6.01. The van der Waals surface area contributed by atoms with E-state index >= 15 is 0 Å². The van der Waals surface area contributed by atoms with Crippen molar-refractivity contribution in [1.29, 1.82) is 0 Å². The van der Waals surface area contributed by atoms with Crippen LogP contribution in [0.5, 0.6) is 0 Å². The highest BCUT2D eigenvalue weighted by molar-refractivity contribution is 6.01. The molecule has 3 heteroatoms. The fraction of sp³-hybridized carbons (Fsp3) is 0.533. The first-order chi connectivity index (χ1) is 8.39. The summed E-state index contributed by atoms with van der Waals surface area (Å²) in [5, 5.41) is 9.94. The second-order valence-electron chi connectivity index (χ2n) is 5.12. The highest BCUT2D eigenvalue weighted by Gasteiger charge is 2.20. The lowest BCUT2D eigenvalue weighted by molar-refractivity contribution is 0.0871. The number of ketones is 1. The summed E-state index contributed by atoms with van der Waals surface area (Å²) in [5.41, 5.74) is 0.873. The first-order valence-corrected chi connectivity index (χ1v) is 6.48. The number of benzene rings is 1. The Morgan fingerprint density at radius 2 is 1.89 bits per heavy atom. The van der Waals surface area contributed by atoms with Gasteiger partial charge in [-0.25, -0.2) is 0 Å². The van der Waals surface area contributed by atoms with Crippen LogP contribution in [0.2, 0.25) is 0 Å². The molecule has 0 radical (unpaired) electrons. The zero-order chi connectivity index (χ0) is 13.8. The van der Waals surface area contributed by atoms with Gasteiger partial charge < -0.3 is 10.0 Å². The first-order valence-electron chi connectivity index (χ1n) is 6.48. The molecule has 0 atom stereocenters. The number of carbonyl (C=O) groups excluding carboxylic acids is 1. The van der Waals surface area contributed by atoms with Gasteiger partial charge in [-0.15, -0.1) is 0 Å². The topological polar surface area (TPSA) is 40.5 Å². The van der Waals surface area contributed by atoms with Gasteiger partial charge in [0.05, 0.1) is 5.60 Å². The van der Waals surface area contributed by atoms with E-state index in [0.717, 1.165) is 17.8 Å². The lowest BCUT2D eigenvalue weighted by Crippen LogP contribution is -2.39. The molecule has 1 rings (SSSR count). The van der Waals surface area contributed by atoms with Crippen molar-refractivity contribution in [2.24, 2.45) is 0 Å². The molecule has 0 amide bonds. The monoisotopic (exact) mass is 249 g/mol. The molecule has 0 bridgehead atoms. The number of rotatable bonds is 6. The van der Waals surface area contributed by atoms with Gasteiger partial charge in [0, 0.05) is 30.8 Å². The molecule has 0 aliphatic heterocycles. The standard InChI is InChI=1S/C15H23NO2/c1-5-14(17)12-9-7-8-10-13(12)16(6-2)11-15(3,4)18/h7-10,18H,5-6,11H2,1-4H3. The van der Waals surface area contributed by atoms with Crippen LogP contribution >= 0.6 is 0 Å². The molecule has 1 aromatic carbocycles. The normalized spacial score (nSPS) is 11.4. The second-order valence-corrected chi connectivity index (χ2v) is 5.12. The molecule has 0 saturated heterocycles. The van der Waals surface area contributed by atoms with Crippen LogP contribution in [-0.4, -0.2) is 29.6 Å². The lowest BCUT2D eigenvalue weighted by atomic mass is 10.0. The minimum atomic E-state index is -0.779. The number of carbonyl (C=O) groups is 1. The van der Waals surface area contributed by atoms with Crippen molar-refractivity contribution in [3.05, 3.63) is 29.8 Å². The first kappa shape index (κ1) is 14.7. The zero-order valence-corrected chi connectivity index (χ0v) is 11.7. The van der Waals surface area contributed by atoms with E-state index in [4.69, 9.17) is 0 Å². The summed E-state index contributed by atoms with van der Waals surface area (Å²) in [6.07, 6.45) is 0.497. The highest BCUT2D eigenvalue weighted by Crippen LogP contribution is 2.23. The number of hydrogen-bond donors (Lipinski definition) is 1. The van der Waals surface area contributed by atoms with Crippen LogP contribution < -0.4 is 4.90 Å². The smallest absolute Gasteiger partial charge is 0.164 e. The van der Waals surface area contributed by atoms with Gasteiger partial charge in [-0.2, -0.15) is 0 Å². The zero-order valence-electron chi connectivity index (χ0n) is 11.7. The Morgan fingerprint density at radius 3 is 2.39 bits per heavy atom. The molecule has 0 unspecified atom stereocenters. The summed E-state index contributed by atoms with van der Waals surface area (Å²) in [6.45, 7) is 8.72. The van der Waals surface area contributed by atoms with E-state index in [1.54, 1.807) is 13.8 Å². The van der Waals surface area contributed by atoms with Crippen molar-refractivity contribution in [3.63, 3.8) is 0 Å². The van der Waals surface area contributed by atoms with Crippen LogP contribution in [0, 0.1) is 0 Å². The van der Waals surface area contributed by atoms with E-state index in [2.05, 4.69) is 0 Å². The highest BCUT2D eigenvalue weighted by atomic mass is 16.3. The van der Waals surface area contributed by atoms with Gasteiger partial charge in [0.1, 0.15) is 0 Å². The summed E-state index contributed by atoms with van der Waals surface area (Å²) in [5.74, 6) is 0.139. The summed E-state index contributed by atoms with van der Waals surface area (Å²) in [7, 11) is 0. The SMILES string of the molecule is CCC(=O)c1ccccc1N(CC)CC(C)(C)O. The Labute approximate surface area is 109 Å². The maximum absolute atomic E-state index is 11.9. The quantitative estimate of drug-likeness (QED) is 0.788. The molecule has 1 aromatic rings. The molecule has 1 N–H and O–H groups in total. The van der Waals surface area contributed by atoms with Crippen LogP contribution in [0.15, 0.2) is 24.3 Å².